The summed E-state index contributed by atoms with van der Waals surface area (Å²) < 4.78 is 13.1. The first-order valence-corrected chi connectivity index (χ1v) is 15.0. The van der Waals surface area contributed by atoms with Crippen molar-refractivity contribution in [3.8, 4) is 0 Å². The zero-order valence-corrected chi connectivity index (χ0v) is 23.2. The summed E-state index contributed by atoms with van der Waals surface area (Å²) in [5.74, 6) is 0.205. The van der Waals surface area contributed by atoms with Gasteiger partial charge in [0.2, 0.25) is 0 Å². The lowest BCUT2D eigenvalue weighted by Crippen LogP contribution is -2.44. The molecule has 0 aliphatic carbocycles. The van der Waals surface area contributed by atoms with Crippen LogP contribution in [-0.2, 0) is 9.47 Å². The summed E-state index contributed by atoms with van der Waals surface area (Å²) in [6, 6.07) is 0. The molecule has 0 aromatic heterocycles. The fourth-order valence-electron chi connectivity index (χ4n) is 5.19. The quantitative estimate of drug-likeness (QED) is 0.0955. The molecule has 2 heteroatoms. The third-order valence-electron chi connectivity index (χ3n) is 7.09. The molecule has 0 atom stereocenters. The topological polar surface area (TPSA) is 18.5 Å². The second-order valence-electron chi connectivity index (χ2n) is 10.0. The van der Waals surface area contributed by atoms with Crippen molar-refractivity contribution in [2.24, 2.45) is 5.92 Å². The zero-order valence-electron chi connectivity index (χ0n) is 23.2. The molecule has 0 unspecified atom stereocenters. The van der Waals surface area contributed by atoms with E-state index < -0.39 is 0 Å². The van der Waals surface area contributed by atoms with Gasteiger partial charge in [-0.3, -0.25) is 0 Å². The van der Waals surface area contributed by atoms with Crippen LogP contribution in [-0.4, -0.2) is 19.0 Å². The Morgan fingerprint density at radius 1 is 0.438 bits per heavy atom. The average molecular weight is 455 g/mol. The summed E-state index contributed by atoms with van der Waals surface area (Å²) in [4.78, 5) is 0. The first kappa shape index (κ1) is 31.9. The molecule has 0 spiro atoms. The van der Waals surface area contributed by atoms with E-state index in [1.54, 1.807) is 0 Å². The maximum absolute atomic E-state index is 6.53. The van der Waals surface area contributed by atoms with Gasteiger partial charge in [0.1, 0.15) is 0 Å². The summed E-state index contributed by atoms with van der Waals surface area (Å²) in [5.41, 5.74) is 0. The summed E-state index contributed by atoms with van der Waals surface area (Å²) in [6.45, 7) is 12.7. The lowest BCUT2D eigenvalue weighted by molar-refractivity contribution is -0.270. The van der Waals surface area contributed by atoms with Crippen LogP contribution in [0.25, 0.3) is 0 Å². The fraction of sp³-hybridized carbons (Fsp3) is 1.00. The molecule has 0 saturated carbocycles. The summed E-state index contributed by atoms with van der Waals surface area (Å²) in [5, 5.41) is 0. The highest BCUT2D eigenvalue weighted by atomic mass is 16.7. The Morgan fingerprint density at radius 3 is 1.16 bits per heavy atom. The number of ether oxygens (including phenoxy) is 2. The van der Waals surface area contributed by atoms with Crippen molar-refractivity contribution in [2.75, 3.05) is 13.2 Å². The Balaban J connectivity index is 4.94. The van der Waals surface area contributed by atoms with E-state index in [1.807, 2.05) is 0 Å². The Labute approximate surface area is 204 Å². The van der Waals surface area contributed by atoms with E-state index in [0.717, 1.165) is 19.6 Å². The SMILES string of the molecule is CCCCCCCCC(CCCCCCCC)C(CCCCCCCC)(OCC)OCC. The number of hydrogen-bond donors (Lipinski definition) is 0. The van der Waals surface area contributed by atoms with Crippen molar-refractivity contribution in [2.45, 2.75) is 175 Å². The predicted octanol–water partition coefficient (Wildman–Crippen LogP) is 10.6. The van der Waals surface area contributed by atoms with Gasteiger partial charge >= 0.3 is 0 Å². The van der Waals surface area contributed by atoms with Gasteiger partial charge in [0, 0.05) is 25.6 Å². The molecule has 0 aliphatic heterocycles. The standard InChI is InChI=1S/C30H62O2/c1-6-11-14-17-20-23-26-29(27-24-21-18-15-12-7-2)30(31-9-4,32-10-5)28-25-22-19-16-13-8-3/h29H,6-28H2,1-5H3. The van der Waals surface area contributed by atoms with Crippen LogP contribution in [0.15, 0.2) is 0 Å². The average Bonchev–Trinajstić information content (AvgIpc) is 2.79. The van der Waals surface area contributed by atoms with E-state index in [-0.39, 0.29) is 5.79 Å². The van der Waals surface area contributed by atoms with E-state index >= 15 is 0 Å². The molecule has 0 bridgehead atoms. The lowest BCUT2D eigenvalue weighted by atomic mass is 9.84. The summed E-state index contributed by atoms with van der Waals surface area (Å²) in [7, 11) is 0. The van der Waals surface area contributed by atoms with Crippen LogP contribution < -0.4 is 0 Å². The second kappa shape index (κ2) is 24.1. The molecule has 0 N–H and O–H groups in total. The monoisotopic (exact) mass is 454 g/mol. The minimum Gasteiger partial charge on any atom is -0.350 e. The van der Waals surface area contributed by atoms with Crippen LogP contribution in [0.5, 0.6) is 0 Å². The molecule has 32 heavy (non-hydrogen) atoms. The van der Waals surface area contributed by atoms with Gasteiger partial charge in [-0.15, -0.1) is 0 Å². The summed E-state index contributed by atoms with van der Waals surface area (Å²) >= 11 is 0. The van der Waals surface area contributed by atoms with Gasteiger partial charge < -0.3 is 9.47 Å². The molecule has 0 radical (unpaired) electrons. The molecule has 0 saturated heterocycles. The number of unbranched alkanes of at least 4 members (excludes halogenated alkanes) is 15. The van der Waals surface area contributed by atoms with E-state index in [0.29, 0.717) is 5.92 Å². The van der Waals surface area contributed by atoms with Crippen LogP contribution >= 0.6 is 0 Å². The smallest absolute Gasteiger partial charge is 0.171 e. The van der Waals surface area contributed by atoms with Crippen molar-refractivity contribution >= 4 is 0 Å². The van der Waals surface area contributed by atoms with Gasteiger partial charge in [0.25, 0.3) is 0 Å². The molecule has 0 aromatic rings. The highest BCUT2D eigenvalue weighted by molar-refractivity contribution is 4.81. The molecule has 0 aliphatic rings. The molecule has 194 valence electrons. The minimum absolute atomic E-state index is 0.346. The van der Waals surface area contributed by atoms with Crippen molar-refractivity contribution < 1.29 is 9.47 Å². The highest BCUT2D eigenvalue weighted by Crippen LogP contribution is 2.37. The van der Waals surface area contributed by atoms with Crippen molar-refractivity contribution in [3.63, 3.8) is 0 Å². The van der Waals surface area contributed by atoms with Crippen LogP contribution in [0.4, 0.5) is 0 Å². The first-order chi connectivity index (χ1) is 15.7. The Kier molecular flexibility index (Phi) is 24.0. The van der Waals surface area contributed by atoms with Crippen LogP contribution in [0.2, 0.25) is 0 Å². The molecule has 0 heterocycles. The number of rotatable bonds is 26. The zero-order chi connectivity index (χ0) is 23.8. The number of hydrogen-bond acceptors (Lipinski definition) is 2. The maximum atomic E-state index is 6.53. The predicted molar refractivity (Wildman–Crippen MR) is 143 cm³/mol. The lowest BCUT2D eigenvalue weighted by Gasteiger charge is -2.41. The van der Waals surface area contributed by atoms with Gasteiger partial charge in [-0.25, -0.2) is 0 Å². The van der Waals surface area contributed by atoms with Crippen LogP contribution in [0, 0.1) is 5.92 Å². The van der Waals surface area contributed by atoms with E-state index in [9.17, 15) is 0 Å². The van der Waals surface area contributed by atoms with Gasteiger partial charge in [0.05, 0.1) is 0 Å². The third-order valence-corrected chi connectivity index (χ3v) is 7.09. The van der Waals surface area contributed by atoms with E-state index in [4.69, 9.17) is 9.47 Å². The summed E-state index contributed by atoms with van der Waals surface area (Å²) in [6.07, 6.45) is 28.1. The van der Waals surface area contributed by atoms with Crippen LogP contribution in [0.3, 0.4) is 0 Å². The maximum Gasteiger partial charge on any atom is 0.171 e. The first-order valence-electron chi connectivity index (χ1n) is 15.0. The van der Waals surface area contributed by atoms with Crippen molar-refractivity contribution in [3.05, 3.63) is 0 Å². The third kappa shape index (κ3) is 16.5. The van der Waals surface area contributed by atoms with Gasteiger partial charge in [0.15, 0.2) is 5.79 Å². The van der Waals surface area contributed by atoms with Gasteiger partial charge in [-0.05, 0) is 33.1 Å². The minimum atomic E-state index is -0.346. The Hall–Kier alpha value is -0.0800. The van der Waals surface area contributed by atoms with E-state index in [1.165, 1.54) is 128 Å². The van der Waals surface area contributed by atoms with Crippen LogP contribution in [0.1, 0.15) is 169 Å². The van der Waals surface area contributed by atoms with Crippen molar-refractivity contribution in [1.29, 1.82) is 0 Å². The van der Waals surface area contributed by atoms with Gasteiger partial charge in [-0.2, -0.15) is 0 Å². The van der Waals surface area contributed by atoms with Crippen molar-refractivity contribution in [1.82, 2.24) is 0 Å². The molecular formula is C30H62O2. The molecule has 2 nitrogen and oxygen atoms in total. The van der Waals surface area contributed by atoms with E-state index in [2.05, 4.69) is 34.6 Å². The molecule has 0 amide bonds. The fourth-order valence-corrected chi connectivity index (χ4v) is 5.19. The van der Waals surface area contributed by atoms with Gasteiger partial charge in [-0.1, -0.05) is 130 Å². The Morgan fingerprint density at radius 2 is 0.781 bits per heavy atom. The molecular weight excluding hydrogens is 392 g/mol. The largest absolute Gasteiger partial charge is 0.350 e. The molecule has 0 fully saturated rings. The normalized spacial score (nSPS) is 12.2. The highest BCUT2D eigenvalue weighted by Gasteiger charge is 2.39. The Bertz CT molecular complexity index is 333. The molecule has 0 aromatic carbocycles. The second-order valence-corrected chi connectivity index (χ2v) is 10.0. The molecule has 0 rings (SSSR count).